The minimum absolute atomic E-state index is 0. The summed E-state index contributed by atoms with van der Waals surface area (Å²) in [6.45, 7) is 1.58. The number of nitrogens with two attached hydrogens (primary N) is 1. The van der Waals surface area contributed by atoms with Gasteiger partial charge in [-0.05, 0) is 13.0 Å². The van der Waals surface area contributed by atoms with Gasteiger partial charge in [-0.3, -0.25) is 0 Å². The Bertz CT molecular complexity index is 320. The first-order chi connectivity index (χ1) is 6.56. The number of benzene rings is 1. The van der Waals surface area contributed by atoms with Crippen LogP contribution >= 0.6 is 12.4 Å². The van der Waals surface area contributed by atoms with Gasteiger partial charge in [0.2, 0.25) is 0 Å². The second-order valence-corrected chi connectivity index (χ2v) is 3.15. The van der Waals surface area contributed by atoms with Crippen molar-refractivity contribution < 1.29 is 14.2 Å². The highest BCUT2D eigenvalue weighted by Gasteiger charge is 2.16. The molecule has 0 saturated heterocycles. The Kier molecular flexibility index (Phi) is 5.57. The fraction of sp³-hybridized carbons (Fsp3) is 0.400. The maximum absolute atomic E-state index is 12.8. The predicted octanol–water partition coefficient (Wildman–Crippen LogP) is 1.64. The SMILES string of the molecule is COc1cc(F)ccc1[C@H](N)[C@@H](C)O.Cl. The lowest BCUT2D eigenvalue weighted by Gasteiger charge is -2.17. The van der Waals surface area contributed by atoms with E-state index in [4.69, 9.17) is 10.5 Å². The summed E-state index contributed by atoms with van der Waals surface area (Å²) in [4.78, 5) is 0. The molecule has 0 unspecified atom stereocenters. The number of ether oxygens (including phenoxy) is 1. The summed E-state index contributed by atoms with van der Waals surface area (Å²) in [5.74, 6) is -0.0261. The Hall–Kier alpha value is -0.840. The lowest BCUT2D eigenvalue weighted by atomic mass is 10.0. The third-order valence-corrected chi connectivity index (χ3v) is 2.07. The van der Waals surface area contributed by atoms with Gasteiger partial charge in [0.05, 0.1) is 19.3 Å². The molecule has 0 spiro atoms. The van der Waals surface area contributed by atoms with E-state index in [0.29, 0.717) is 11.3 Å². The molecule has 0 bridgehead atoms. The minimum Gasteiger partial charge on any atom is -0.496 e. The summed E-state index contributed by atoms with van der Waals surface area (Å²) in [6, 6.07) is 3.49. The van der Waals surface area contributed by atoms with Crippen molar-refractivity contribution in [2.24, 2.45) is 5.73 Å². The van der Waals surface area contributed by atoms with E-state index in [0.717, 1.165) is 0 Å². The lowest BCUT2D eigenvalue weighted by Crippen LogP contribution is -2.23. The third-order valence-electron chi connectivity index (χ3n) is 2.07. The smallest absolute Gasteiger partial charge is 0.126 e. The number of aliphatic hydroxyl groups is 1. The molecule has 0 aromatic heterocycles. The minimum atomic E-state index is -0.700. The van der Waals surface area contributed by atoms with E-state index in [1.165, 1.54) is 25.3 Å². The number of hydrogen-bond acceptors (Lipinski definition) is 3. The summed E-state index contributed by atoms with van der Waals surface area (Å²) < 4.78 is 17.8. The fourth-order valence-corrected chi connectivity index (χ4v) is 1.22. The maximum Gasteiger partial charge on any atom is 0.126 e. The first-order valence-corrected chi connectivity index (χ1v) is 4.33. The third kappa shape index (κ3) is 3.34. The summed E-state index contributed by atoms with van der Waals surface area (Å²) in [5, 5.41) is 9.29. The molecule has 15 heavy (non-hydrogen) atoms. The Morgan fingerprint density at radius 3 is 2.53 bits per heavy atom. The zero-order valence-corrected chi connectivity index (χ0v) is 9.42. The van der Waals surface area contributed by atoms with E-state index in [2.05, 4.69) is 0 Å². The zero-order chi connectivity index (χ0) is 10.7. The van der Waals surface area contributed by atoms with Crippen molar-refractivity contribution >= 4 is 12.4 Å². The highest BCUT2D eigenvalue weighted by molar-refractivity contribution is 5.85. The average Bonchev–Trinajstić information content (AvgIpc) is 2.16. The van der Waals surface area contributed by atoms with E-state index >= 15 is 0 Å². The fourth-order valence-electron chi connectivity index (χ4n) is 1.22. The first-order valence-electron chi connectivity index (χ1n) is 4.33. The zero-order valence-electron chi connectivity index (χ0n) is 8.61. The first kappa shape index (κ1) is 14.2. The van der Waals surface area contributed by atoms with E-state index in [1.807, 2.05) is 0 Å². The lowest BCUT2D eigenvalue weighted by molar-refractivity contribution is 0.162. The van der Waals surface area contributed by atoms with E-state index < -0.39 is 12.1 Å². The molecule has 0 saturated carbocycles. The van der Waals surface area contributed by atoms with Gasteiger partial charge < -0.3 is 15.6 Å². The number of methoxy groups -OCH3 is 1. The average molecular weight is 236 g/mol. The van der Waals surface area contributed by atoms with Gasteiger partial charge in [0.15, 0.2) is 0 Å². The van der Waals surface area contributed by atoms with Gasteiger partial charge in [-0.1, -0.05) is 6.07 Å². The molecule has 0 radical (unpaired) electrons. The van der Waals surface area contributed by atoms with E-state index in [1.54, 1.807) is 6.92 Å². The summed E-state index contributed by atoms with van der Waals surface area (Å²) in [6.07, 6.45) is -0.700. The Balaban J connectivity index is 0.00000196. The quantitative estimate of drug-likeness (QED) is 0.838. The molecule has 86 valence electrons. The standard InChI is InChI=1S/C10H14FNO2.ClH/c1-6(13)10(12)8-4-3-7(11)5-9(8)14-2;/h3-6,10,13H,12H2,1-2H3;1H/t6-,10-;/m1./s1. The summed E-state index contributed by atoms with van der Waals surface area (Å²) >= 11 is 0. The normalized spacial score (nSPS) is 13.9. The molecule has 0 heterocycles. The second-order valence-electron chi connectivity index (χ2n) is 3.15. The summed E-state index contributed by atoms with van der Waals surface area (Å²) in [7, 11) is 1.44. The van der Waals surface area contributed by atoms with Gasteiger partial charge >= 0.3 is 0 Å². The predicted molar refractivity (Wildman–Crippen MR) is 58.8 cm³/mol. The van der Waals surface area contributed by atoms with Crippen molar-refractivity contribution in [3.63, 3.8) is 0 Å². The molecule has 0 aliphatic carbocycles. The van der Waals surface area contributed by atoms with E-state index in [9.17, 15) is 9.50 Å². The van der Waals surface area contributed by atoms with Crippen molar-refractivity contribution in [3.8, 4) is 5.75 Å². The second kappa shape index (κ2) is 5.90. The topological polar surface area (TPSA) is 55.5 Å². The van der Waals surface area contributed by atoms with Crippen LogP contribution in [0.2, 0.25) is 0 Å². The van der Waals surface area contributed by atoms with Gasteiger partial charge in [0.1, 0.15) is 11.6 Å². The van der Waals surface area contributed by atoms with Gasteiger partial charge in [0.25, 0.3) is 0 Å². The molecule has 3 N–H and O–H groups in total. The van der Waals surface area contributed by atoms with E-state index in [-0.39, 0.29) is 18.2 Å². The highest BCUT2D eigenvalue weighted by atomic mass is 35.5. The Morgan fingerprint density at radius 1 is 1.47 bits per heavy atom. The highest BCUT2D eigenvalue weighted by Crippen LogP contribution is 2.26. The van der Waals surface area contributed by atoms with Crippen molar-refractivity contribution in [3.05, 3.63) is 29.6 Å². The van der Waals surface area contributed by atoms with Crippen LogP contribution in [0.5, 0.6) is 5.75 Å². The molecule has 0 amide bonds. The van der Waals surface area contributed by atoms with Crippen molar-refractivity contribution in [2.45, 2.75) is 19.1 Å². The van der Waals surface area contributed by atoms with Gasteiger partial charge in [-0.2, -0.15) is 0 Å². The molecule has 0 aliphatic rings. The van der Waals surface area contributed by atoms with Crippen molar-refractivity contribution in [2.75, 3.05) is 7.11 Å². The molecule has 0 aliphatic heterocycles. The largest absolute Gasteiger partial charge is 0.496 e. The van der Waals surface area contributed by atoms with Gasteiger partial charge in [0, 0.05) is 11.6 Å². The number of halogens is 2. The van der Waals surface area contributed by atoms with Crippen LogP contribution in [0.25, 0.3) is 0 Å². The summed E-state index contributed by atoms with van der Waals surface area (Å²) in [5.41, 5.74) is 6.31. The molecule has 0 fully saturated rings. The van der Waals surface area contributed by atoms with Crippen LogP contribution in [-0.2, 0) is 0 Å². The van der Waals surface area contributed by atoms with Gasteiger partial charge in [-0.15, -0.1) is 12.4 Å². The number of aliphatic hydroxyl groups excluding tert-OH is 1. The number of hydrogen-bond donors (Lipinski definition) is 2. The van der Waals surface area contributed by atoms with Crippen LogP contribution in [0.3, 0.4) is 0 Å². The monoisotopic (exact) mass is 235 g/mol. The Labute approximate surface area is 94.5 Å². The van der Waals surface area contributed by atoms with Crippen LogP contribution in [0.4, 0.5) is 4.39 Å². The van der Waals surface area contributed by atoms with Crippen molar-refractivity contribution in [1.82, 2.24) is 0 Å². The van der Waals surface area contributed by atoms with Crippen LogP contribution in [0, 0.1) is 5.82 Å². The van der Waals surface area contributed by atoms with Crippen LogP contribution in [0.15, 0.2) is 18.2 Å². The molecule has 1 aromatic rings. The molecule has 1 aromatic carbocycles. The maximum atomic E-state index is 12.8. The van der Waals surface area contributed by atoms with Crippen LogP contribution in [-0.4, -0.2) is 18.3 Å². The van der Waals surface area contributed by atoms with Crippen molar-refractivity contribution in [1.29, 1.82) is 0 Å². The van der Waals surface area contributed by atoms with Crippen LogP contribution in [0.1, 0.15) is 18.5 Å². The van der Waals surface area contributed by atoms with Crippen LogP contribution < -0.4 is 10.5 Å². The molecule has 1 rings (SSSR count). The molecule has 5 heteroatoms. The molecule has 2 atom stereocenters. The Morgan fingerprint density at radius 2 is 2.07 bits per heavy atom. The molecular formula is C10H15ClFNO2. The number of rotatable bonds is 3. The molecular weight excluding hydrogens is 221 g/mol. The van der Waals surface area contributed by atoms with Gasteiger partial charge in [-0.25, -0.2) is 4.39 Å². The molecule has 3 nitrogen and oxygen atoms in total.